The van der Waals surface area contributed by atoms with Crippen molar-refractivity contribution in [1.29, 1.82) is 0 Å². The molecule has 2 rings (SSSR count). The minimum absolute atomic E-state index is 0.214. The van der Waals surface area contributed by atoms with Crippen molar-refractivity contribution >= 4 is 15.7 Å². The van der Waals surface area contributed by atoms with Crippen molar-refractivity contribution in [2.24, 2.45) is 5.84 Å². The van der Waals surface area contributed by atoms with Crippen molar-refractivity contribution in [3.63, 3.8) is 0 Å². The van der Waals surface area contributed by atoms with Crippen LogP contribution in [-0.2, 0) is 10.0 Å². The molecule has 0 aromatic heterocycles. The summed E-state index contributed by atoms with van der Waals surface area (Å²) >= 11 is 0. The predicted molar refractivity (Wildman–Crippen MR) is 79.7 cm³/mol. The van der Waals surface area contributed by atoms with Crippen LogP contribution in [0.3, 0.4) is 0 Å². The zero-order chi connectivity index (χ0) is 14.6. The van der Waals surface area contributed by atoms with Gasteiger partial charge < -0.3 is 10.3 Å². The van der Waals surface area contributed by atoms with Gasteiger partial charge in [-0.15, -0.1) is 0 Å². The molecule has 0 aliphatic carbocycles. The fourth-order valence-corrected chi connectivity index (χ4v) is 3.70. The van der Waals surface area contributed by atoms with E-state index >= 15 is 0 Å². The number of nitrogen functional groups attached to an aromatic ring is 1. The molecule has 0 unspecified atom stereocenters. The van der Waals surface area contributed by atoms with E-state index in [-0.39, 0.29) is 4.90 Å². The summed E-state index contributed by atoms with van der Waals surface area (Å²) in [5.74, 6) is 5.38. The molecule has 0 atom stereocenters. The monoisotopic (exact) mass is 298 g/mol. The maximum Gasteiger partial charge on any atom is 0.244 e. The standard InChI is InChI=1S/C13H22N4O2S/c1-16(10-11-17-8-4-5-9-17)20(18,19)13-7-3-2-6-12(13)15-14/h2-3,6-7,15H,4-5,8-11,14H2,1H3. The summed E-state index contributed by atoms with van der Waals surface area (Å²) in [6, 6.07) is 6.67. The van der Waals surface area contributed by atoms with E-state index in [1.165, 1.54) is 17.1 Å². The van der Waals surface area contributed by atoms with Crippen molar-refractivity contribution < 1.29 is 8.42 Å². The summed E-state index contributed by atoms with van der Waals surface area (Å²) in [6.45, 7) is 3.39. The number of likely N-dealkylation sites (N-methyl/N-ethyl adjacent to an activating group) is 1. The smallest absolute Gasteiger partial charge is 0.244 e. The molecular weight excluding hydrogens is 276 g/mol. The molecule has 0 bridgehead atoms. The third-order valence-electron chi connectivity index (χ3n) is 3.66. The molecule has 7 heteroatoms. The van der Waals surface area contributed by atoms with Crippen molar-refractivity contribution in [3.05, 3.63) is 24.3 Å². The lowest BCUT2D eigenvalue weighted by atomic mass is 10.3. The molecule has 1 aliphatic heterocycles. The summed E-state index contributed by atoms with van der Waals surface area (Å²) in [6.07, 6.45) is 2.41. The average molecular weight is 298 g/mol. The van der Waals surface area contributed by atoms with Crippen molar-refractivity contribution in [2.75, 3.05) is 38.7 Å². The first-order valence-corrected chi connectivity index (χ1v) is 8.24. The van der Waals surface area contributed by atoms with Gasteiger partial charge in [0.1, 0.15) is 4.90 Å². The third kappa shape index (κ3) is 3.29. The Morgan fingerprint density at radius 3 is 2.60 bits per heavy atom. The van der Waals surface area contributed by atoms with E-state index < -0.39 is 10.0 Å². The van der Waals surface area contributed by atoms with Gasteiger partial charge in [-0.1, -0.05) is 12.1 Å². The molecule has 112 valence electrons. The van der Waals surface area contributed by atoms with Crippen LogP contribution in [0.15, 0.2) is 29.2 Å². The summed E-state index contributed by atoms with van der Waals surface area (Å²) in [7, 11) is -1.90. The van der Waals surface area contributed by atoms with Crippen LogP contribution in [-0.4, -0.2) is 50.8 Å². The van der Waals surface area contributed by atoms with Crippen LogP contribution < -0.4 is 11.3 Å². The maximum atomic E-state index is 12.5. The number of rotatable bonds is 6. The van der Waals surface area contributed by atoms with E-state index in [1.807, 2.05) is 0 Å². The van der Waals surface area contributed by atoms with Crippen LogP contribution >= 0.6 is 0 Å². The molecule has 1 aromatic rings. The minimum Gasteiger partial charge on any atom is -0.323 e. The number of benzene rings is 1. The third-order valence-corrected chi connectivity index (χ3v) is 5.58. The van der Waals surface area contributed by atoms with Crippen LogP contribution in [0.25, 0.3) is 0 Å². The van der Waals surface area contributed by atoms with Gasteiger partial charge in [0.2, 0.25) is 10.0 Å². The van der Waals surface area contributed by atoms with E-state index in [0.29, 0.717) is 12.2 Å². The molecule has 1 heterocycles. The van der Waals surface area contributed by atoms with Crippen LogP contribution in [0.2, 0.25) is 0 Å². The van der Waals surface area contributed by atoms with Gasteiger partial charge in [0.05, 0.1) is 5.69 Å². The number of likely N-dealkylation sites (tertiary alicyclic amines) is 1. The van der Waals surface area contributed by atoms with Gasteiger partial charge >= 0.3 is 0 Å². The number of hydrazine groups is 1. The SMILES string of the molecule is CN(CCN1CCCC1)S(=O)(=O)c1ccccc1NN. The van der Waals surface area contributed by atoms with Crippen molar-refractivity contribution in [3.8, 4) is 0 Å². The van der Waals surface area contributed by atoms with Crippen LogP contribution in [0.1, 0.15) is 12.8 Å². The van der Waals surface area contributed by atoms with Crippen LogP contribution in [0.4, 0.5) is 5.69 Å². The molecule has 1 saturated heterocycles. The number of anilines is 1. The Hall–Kier alpha value is -1.15. The fraction of sp³-hybridized carbons (Fsp3) is 0.538. The summed E-state index contributed by atoms with van der Waals surface area (Å²) in [5, 5.41) is 0. The Kier molecular flexibility index (Phi) is 4.98. The van der Waals surface area contributed by atoms with Gasteiger partial charge in [-0.25, -0.2) is 8.42 Å². The molecule has 1 fully saturated rings. The number of nitrogens with two attached hydrogens (primary N) is 1. The summed E-state index contributed by atoms with van der Waals surface area (Å²) in [4.78, 5) is 2.51. The lowest BCUT2D eigenvalue weighted by molar-refractivity contribution is 0.310. The number of sulfonamides is 1. The summed E-state index contributed by atoms with van der Waals surface area (Å²) < 4.78 is 26.4. The normalized spacial score (nSPS) is 16.8. The molecule has 3 N–H and O–H groups in total. The van der Waals surface area contributed by atoms with Gasteiger partial charge in [-0.05, 0) is 38.1 Å². The average Bonchev–Trinajstić information content (AvgIpc) is 2.97. The molecule has 0 radical (unpaired) electrons. The molecule has 0 amide bonds. The fourth-order valence-electron chi connectivity index (χ4n) is 2.39. The second-order valence-electron chi connectivity index (χ2n) is 5.02. The van der Waals surface area contributed by atoms with Gasteiger partial charge in [0, 0.05) is 20.1 Å². The molecular formula is C13H22N4O2S. The van der Waals surface area contributed by atoms with E-state index in [4.69, 9.17) is 5.84 Å². The van der Waals surface area contributed by atoms with Crippen LogP contribution in [0.5, 0.6) is 0 Å². The predicted octanol–water partition coefficient (Wildman–Crippen LogP) is 0.689. The van der Waals surface area contributed by atoms with Gasteiger partial charge in [0.25, 0.3) is 0 Å². The lowest BCUT2D eigenvalue weighted by Gasteiger charge is -2.22. The Balaban J connectivity index is 2.08. The first-order valence-electron chi connectivity index (χ1n) is 6.80. The Morgan fingerprint density at radius 2 is 1.95 bits per heavy atom. The van der Waals surface area contributed by atoms with E-state index in [2.05, 4.69) is 10.3 Å². The Labute approximate surface area is 120 Å². The molecule has 0 saturated carbocycles. The number of nitrogens with zero attached hydrogens (tertiary/aromatic N) is 2. The number of hydrogen-bond donors (Lipinski definition) is 2. The van der Waals surface area contributed by atoms with Crippen molar-refractivity contribution in [2.45, 2.75) is 17.7 Å². The van der Waals surface area contributed by atoms with Crippen molar-refractivity contribution in [1.82, 2.24) is 9.21 Å². The van der Waals surface area contributed by atoms with Gasteiger partial charge in [-0.3, -0.25) is 5.84 Å². The van der Waals surface area contributed by atoms with E-state index in [0.717, 1.165) is 19.6 Å². The number of hydrogen-bond acceptors (Lipinski definition) is 5. The largest absolute Gasteiger partial charge is 0.323 e. The lowest BCUT2D eigenvalue weighted by Crippen LogP contribution is -2.35. The zero-order valence-electron chi connectivity index (χ0n) is 11.7. The minimum atomic E-state index is -3.51. The highest BCUT2D eigenvalue weighted by molar-refractivity contribution is 7.89. The molecule has 0 spiro atoms. The Morgan fingerprint density at radius 1 is 1.30 bits per heavy atom. The van der Waals surface area contributed by atoms with Gasteiger partial charge in [0.15, 0.2) is 0 Å². The maximum absolute atomic E-state index is 12.5. The molecule has 1 aromatic carbocycles. The molecule has 1 aliphatic rings. The molecule has 6 nitrogen and oxygen atoms in total. The second-order valence-corrected chi connectivity index (χ2v) is 7.03. The quantitative estimate of drug-likeness (QED) is 0.597. The highest BCUT2D eigenvalue weighted by atomic mass is 32.2. The van der Waals surface area contributed by atoms with E-state index in [1.54, 1.807) is 31.3 Å². The number of para-hydroxylation sites is 1. The zero-order valence-corrected chi connectivity index (χ0v) is 12.6. The molecule has 20 heavy (non-hydrogen) atoms. The second kappa shape index (κ2) is 6.53. The first-order chi connectivity index (χ1) is 9.55. The highest BCUT2D eigenvalue weighted by Crippen LogP contribution is 2.22. The van der Waals surface area contributed by atoms with Crippen LogP contribution in [0, 0.1) is 0 Å². The highest BCUT2D eigenvalue weighted by Gasteiger charge is 2.24. The van der Waals surface area contributed by atoms with Gasteiger partial charge in [-0.2, -0.15) is 4.31 Å². The van der Waals surface area contributed by atoms with E-state index in [9.17, 15) is 8.42 Å². The first kappa shape index (κ1) is 15.2. The summed E-state index contributed by atoms with van der Waals surface area (Å²) in [5.41, 5.74) is 2.85. The number of nitrogens with one attached hydrogen (secondary N) is 1. The Bertz CT molecular complexity index is 541. The topological polar surface area (TPSA) is 78.7 Å².